The van der Waals surface area contributed by atoms with Crippen molar-refractivity contribution in [2.75, 3.05) is 0 Å². The quantitative estimate of drug-likeness (QED) is 0.115. The first kappa shape index (κ1) is 48.6. The van der Waals surface area contributed by atoms with E-state index < -0.39 is 16.1 Å². The van der Waals surface area contributed by atoms with E-state index in [1.807, 2.05) is 0 Å². The lowest BCUT2D eigenvalue weighted by atomic mass is 9.85. The van der Waals surface area contributed by atoms with Crippen LogP contribution in [0, 0.1) is 22.9 Å². The molecule has 0 N–H and O–H groups in total. The van der Waals surface area contributed by atoms with Crippen LogP contribution in [0.4, 0.5) is 0 Å². The molecule has 0 aliphatic heterocycles. The van der Waals surface area contributed by atoms with Gasteiger partial charge in [-0.2, -0.15) is 0 Å². The van der Waals surface area contributed by atoms with E-state index in [2.05, 4.69) is 245 Å². The average molecular weight is 857 g/mol. The number of ketones is 1. The lowest BCUT2D eigenvalue weighted by Crippen LogP contribution is -2.43. The summed E-state index contributed by atoms with van der Waals surface area (Å²) >= 11 is 0. The molecule has 0 saturated heterocycles. The van der Waals surface area contributed by atoms with Crippen molar-refractivity contribution in [2.45, 2.75) is 169 Å². The topological polar surface area (TPSA) is 17.1 Å². The van der Waals surface area contributed by atoms with Crippen molar-refractivity contribution in [3.63, 3.8) is 0 Å². The van der Waals surface area contributed by atoms with Crippen LogP contribution in [0.15, 0.2) is 97.1 Å². The van der Waals surface area contributed by atoms with E-state index in [9.17, 15) is 0 Å². The monoisotopic (exact) mass is 857 g/mol. The van der Waals surface area contributed by atoms with Gasteiger partial charge in [0.1, 0.15) is 16.1 Å². The summed E-state index contributed by atoms with van der Waals surface area (Å²) < 4.78 is 0. The number of carbonyl (C=O) groups excluding carboxylic acids is 1. The maximum Gasteiger partial charge on any atom is 0.195 e. The van der Waals surface area contributed by atoms with Gasteiger partial charge in [-0.05, 0) is 102 Å². The molecule has 0 aromatic heterocycles. The molecule has 0 fully saturated rings. The molecule has 4 aromatic rings. The van der Waals surface area contributed by atoms with Gasteiger partial charge in [0.25, 0.3) is 0 Å². The summed E-state index contributed by atoms with van der Waals surface area (Å²) in [6, 6.07) is 34.8. The fourth-order valence-electron chi connectivity index (χ4n) is 10.7. The molecule has 1 nitrogen and oxygen atoms in total. The summed E-state index contributed by atoms with van der Waals surface area (Å²) in [5, 5.41) is 0. The van der Waals surface area contributed by atoms with Crippen molar-refractivity contribution < 1.29 is 4.79 Å². The second-order valence-electron chi connectivity index (χ2n) is 21.9. The number of allylic oxidation sites excluding steroid dienone is 4. The number of carbonyl (C=O) groups is 1. The Morgan fingerprint density at radius 1 is 0.355 bits per heavy atom. The van der Waals surface area contributed by atoms with Gasteiger partial charge in [0.15, 0.2) is 5.78 Å². The molecule has 0 spiro atoms. The van der Waals surface area contributed by atoms with Crippen molar-refractivity contribution in [3.8, 4) is 22.9 Å². The zero-order chi connectivity index (χ0) is 46.1. The van der Waals surface area contributed by atoms with Crippen molar-refractivity contribution in [3.05, 3.63) is 142 Å². The van der Waals surface area contributed by atoms with Crippen LogP contribution in [0.2, 0.25) is 33.2 Å². The van der Waals surface area contributed by atoms with Crippen molar-refractivity contribution >= 4 is 44.2 Å². The maximum absolute atomic E-state index is 15.4. The highest BCUT2D eigenvalue weighted by molar-refractivity contribution is 6.91. The minimum atomic E-state index is -1.92. The van der Waals surface area contributed by atoms with Crippen LogP contribution in [0.1, 0.15) is 169 Å². The van der Waals surface area contributed by atoms with Gasteiger partial charge in [-0.3, -0.25) is 4.79 Å². The van der Waals surface area contributed by atoms with E-state index in [-0.39, 0.29) is 16.6 Å². The Bertz CT molecular complexity index is 2190. The molecule has 0 atom stereocenters. The Labute approximate surface area is 380 Å². The highest BCUT2D eigenvalue weighted by atomic mass is 28.3. The maximum atomic E-state index is 15.4. The zero-order valence-corrected chi connectivity index (χ0v) is 43.6. The smallest absolute Gasteiger partial charge is 0.195 e. The number of Topliss-reactive ketones (excluding diaryl/α,β-unsaturated/α-hetero) is 1. The molecule has 0 unspecified atom stereocenters. The molecule has 326 valence electrons. The molecule has 0 heterocycles. The molecule has 0 radical (unpaired) electrons. The van der Waals surface area contributed by atoms with Crippen molar-refractivity contribution in [1.82, 2.24) is 0 Å². The van der Waals surface area contributed by atoms with Crippen LogP contribution in [0.3, 0.4) is 0 Å². The Hall–Kier alpha value is -4.42. The molecule has 0 amide bonds. The van der Waals surface area contributed by atoms with Gasteiger partial charge in [-0.25, -0.2) is 0 Å². The van der Waals surface area contributed by atoms with Crippen LogP contribution >= 0.6 is 0 Å². The molecule has 5 rings (SSSR count). The minimum Gasteiger partial charge on any atom is -0.289 e. The predicted octanol–water partition coefficient (Wildman–Crippen LogP) is 16.5. The van der Waals surface area contributed by atoms with Gasteiger partial charge in [0.05, 0.1) is 0 Å². The third-order valence-electron chi connectivity index (χ3n) is 14.2. The lowest BCUT2D eigenvalue weighted by molar-refractivity contribution is -0.108. The van der Waals surface area contributed by atoms with Gasteiger partial charge in [0, 0.05) is 33.4 Å². The molecule has 1 aliphatic carbocycles. The van der Waals surface area contributed by atoms with E-state index in [4.69, 9.17) is 0 Å². The summed E-state index contributed by atoms with van der Waals surface area (Å²) in [7, 11) is -3.84. The summed E-state index contributed by atoms with van der Waals surface area (Å²) in [6.07, 6.45) is 0. The van der Waals surface area contributed by atoms with Crippen LogP contribution in [-0.4, -0.2) is 21.9 Å². The van der Waals surface area contributed by atoms with Gasteiger partial charge in [-0.15, -0.1) is 11.1 Å². The molecular weight excluding hydrogens is 781 g/mol. The molecule has 1 aliphatic rings. The molecule has 0 bridgehead atoms. The van der Waals surface area contributed by atoms with E-state index in [1.165, 1.54) is 11.1 Å². The van der Waals surface area contributed by atoms with Gasteiger partial charge in [-0.1, -0.05) is 209 Å². The second-order valence-corrected chi connectivity index (χ2v) is 33.1. The Morgan fingerprint density at radius 2 is 0.581 bits per heavy atom. The van der Waals surface area contributed by atoms with Crippen LogP contribution < -0.4 is 0 Å². The molecule has 0 saturated carbocycles. The van der Waals surface area contributed by atoms with Crippen molar-refractivity contribution in [2.24, 2.45) is 0 Å². The third kappa shape index (κ3) is 9.56. The summed E-state index contributed by atoms with van der Waals surface area (Å²) in [5.74, 6) is 7.39. The number of hydrogen-bond acceptors (Lipinski definition) is 1. The molecule has 4 aromatic carbocycles. The SMILES string of the molecule is CC(C)[Si](C#Cc1ccc(C2=C(c3ccc(C(C)(C)C)cc3)C(=O)C(c3ccc(C(C)(C)C)cc3)=C2c2ccc(C#C[Si](C(C)C)(C(C)C)C(C)C)cc2)cc1)(C(C)C)C(C)C. The van der Waals surface area contributed by atoms with Gasteiger partial charge >= 0.3 is 0 Å². The minimum absolute atomic E-state index is 0.0108. The van der Waals surface area contributed by atoms with Gasteiger partial charge in [0.2, 0.25) is 0 Å². The first-order chi connectivity index (χ1) is 28.9. The number of benzene rings is 4. The normalized spacial score (nSPS) is 14.2. The standard InChI is InChI=1S/C59H76OSi2/c1-39(2)61(40(3)4,41(5)6)37-35-45-19-23-47(24-20-45)53-54(48-25-21-46(22-26-48)36-38-62(42(7)8,43(9)10)44(11)12)56(50-29-33-52(34-30-50)59(16,17)18)57(60)55(53)49-27-31-51(32-28-49)58(13,14)15/h19-34,39-44H,1-18H3. The van der Waals surface area contributed by atoms with E-state index in [1.54, 1.807) is 0 Å². The summed E-state index contributed by atoms with van der Waals surface area (Å²) in [5.41, 5.74) is 23.0. The summed E-state index contributed by atoms with van der Waals surface area (Å²) in [4.78, 5) is 15.4. The van der Waals surface area contributed by atoms with Crippen LogP contribution in [0.5, 0.6) is 0 Å². The predicted molar refractivity (Wildman–Crippen MR) is 278 cm³/mol. The van der Waals surface area contributed by atoms with Gasteiger partial charge < -0.3 is 0 Å². The first-order valence-electron chi connectivity index (χ1n) is 23.4. The largest absolute Gasteiger partial charge is 0.289 e. The van der Waals surface area contributed by atoms with Crippen LogP contribution in [-0.2, 0) is 15.6 Å². The van der Waals surface area contributed by atoms with E-state index >= 15 is 4.79 Å². The van der Waals surface area contributed by atoms with Crippen molar-refractivity contribution in [1.29, 1.82) is 0 Å². The molecule has 3 heteroatoms. The Balaban J connectivity index is 1.79. The Morgan fingerprint density at radius 3 is 0.806 bits per heavy atom. The lowest BCUT2D eigenvalue weighted by Gasteiger charge is -2.38. The molecular formula is C59H76OSi2. The third-order valence-corrected chi connectivity index (χ3v) is 26.8. The average Bonchev–Trinajstić information content (AvgIpc) is 3.49. The fraction of sp³-hybridized carbons (Fsp3) is 0.441. The highest BCUT2D eigenvalue weighted by Gasteiger charge is 2.43. The fourth-order valence-corrected chi connectivity index (χ4v) is 21.1. The first-order valence-corrected chi connectivity index (χ1v) is 27.9. The molecule has 62 heavy (non-hydrogen) atoms. The van der Waals surface area contributed by atoms with E-state index in [0.717, 1.165) is 55.7 Å². The highest BCUT2D eigenvalue weighted by Crippen LogP contribution is 2.50. The number of hydrogen-bond donors (Lipinski definition) is 0. The second kappa shape index (κ2) is 18.7. The summed E-state index contributed by atoms with van der Waals surface area (Å²) in [6.45, 7) is 41.8. The number of rotatable bonds is 10. The zero-order valence-electron chi connectivity index (χ0n) is 41.6. The Kier molecular flexibility index (Phi) is 14.7. The van der Waals surface area contributed by atoms with E-state index in [0.29, 0.717) is 33.2 Å². The van der Waals surface area contributed by atoms with Crippen LogP contribution in [0.25, 0.3) is 22.3 Å².